The zero-order valence-electron chi connectivity index (χ0n) is 11.6. The summed E-state index contributed by atoms with van der Waals surface area (Å²) in [5, 5.41) is 4.89. The molecule has 0 fully saturated rings. The molecule has 1 aliphatic heterocycles. The normalized spacial score (nSPS) is 18.4. The van der Waals surface area contributed by atoms with E-state index in [1.165, 1.54) is 27.9 Å². The Morgan fingerprint density at radius 2 is 2.25 bits per heavy atom. The molecule has 0 saturated carbocycles. The summed E-state index contributed by atoms with van der Waals surface area (Å²) in [6.07, 6.45) is 5.14. The van der Waals surface area contributed by atoms with Crippen molar-refractivity contribution in [1.29, 1.82) is 0 Å². The lowest BCUT2D eigenvalue weighted by Gasteiger charge is -2.24. The molecule has 102 valence electrons. The highest BCUT2D eigenvalue weighted by atomic mass is 15.1. The molecule has 4 heteroatoms. The summed E-state index contributed by atoms with van der Waals surface area (Å²) >= 11 is 0. The van der Waals surface area contributed by atoms with Crippen molar-refractivity contribution in [2.45, 2.75) is 25.9 Å². The summed E-state index contributed by atoms with van der Waals surface area (Å²) in [5.74, 6) is 0. The molecule has 1 aliphatic rings. The van der Waals surface area contributed by atoms with Crippen LogP contribution in [-0.2, 0) is 13.0 Å². The fourth-order valence-electron chi connectivity index (χ4n) is 3.23. The third-order valence-corrected chi connectivity index (χ3v) is 4.24. The van der Waals surface area contributed by atoms with Crippen LogP contribution in [0.25, 0.3) is 10.9 Å². The van der Waals surface area contributed by atoms with Crippen LogP contribution in [0, 0.1) is 0 Å². The molecule has 0 saturated heterocycles. The van der Waals surface area contributed by atoms with Gasteiger partial charge in [-0.2, -0.15) is 0 Å². The predicted octanol–water partition coefficient (Wildman–Crippen LogP) is 2.62. The number of H-pyrrole nitrogens is 1. The molecule has 0 amide bonds. The van der Waals surface area contributed by atoms with Crippen molar-refractivity contribution in [3.8, 4) is 0 Å². The summed E-state index contributed by atoms with van der Waals surface area (Å²) in [5.41, 5.74) is 5.04. The van der Waals surface area contributed by atoms with E-state index in [9.17, 15) is 0 Å². The lowest BCUT2D eigenvalue weighted by Crippen LogP contribution is -2.31. The Morgan fingerprint density at radius 3 is 3.15 bits per heavy atom. The maximum atomic E-state index is 4.66. The zero-order valence-corrected chi connectivity index (χ0v) is 11.6. The van der Waals surface area contributed by atoms with Crippen molar-refractivity contribution in [3.63, 3.8) is 0 Å². The average molecular weight is 266 g/mol. The third kappa shape index (κ3) is 1.61. The fraction of sp³-hybridized carbons (Fsp3) is 0.312. The smallest absolute Gasteiger partial charge is 0.0952 e. The monoisotopic (exact) mass is 266 g/mol. The van der Waals surface area contributed by atoms with Crippen LogP contribution in [0.15, 0.2) is 36.8 Å². The molecule has 1 atom stereocenters. The Balaban J connectivity index is 1.86. The Hall–Kier alpha value is -2.07. The molecule has 0 bridgehead atoms. The van der Waals surface area contributed by atoms with Crippen LogP contribution in [0.5, 0.6) is 0 Å². The first-order chi connectivity index (χ1) is 9.88. The van der Waals surface area contributed by atoms with Gasteiger partial charge in [0.25, 0.3) is 0 Å². The first-order valence-electron chi connectivity index (χ1n) is 7.21. The average Bonchev–Trinajstić information content (AvgIpc) is 3.10. The molecule has 0 radical (unpaired) electrons. The molecule has 2 N–H and O–H groups in total. The van der Waals surface area contributed by atoms with Gasteiger partial charge >= 0.3 is 0 Å². The Bertz CT molecular complexity index is 753. The minimum atomic E-state index is 0.197. The van der Waals surface area contributed by atoms with E-state index in [0.717, 1.165) is 19.5 Å². The summed E-state index contributed by atoms with van der Waals surface area (Å²) in [7, 11) is 0. The number of aromatic nitrogens is 3. The second-order valence-electron chi connectivity index (χ2n) is 5.29. The fourth-order valence-corrected chi connectivity index (χ4v) is 3.23. The van der Waals surface area contributed by atoms with Crippen molar-refractivity contribution in [1.82, 2.24) is 19.9 Å². The van der Waals surface area contributed by atoms with E-state index in [0.29, 0.717) is 0 Å². The van der Waals surface area contributed by atoms with Crippen LogP contribution < -0.4 is 5.32 Å². The number of fused-ring (bicyclic) bond motifs is 2. The maximum Gasteiger partial charge on any atom is 0.0952 e. The number of aromatic amines is 1. The largest absolute Gasteiger partial charge is 0.361 e. The van der Waals surface area contributed by atoms with Gasteiger partial charge in [-0.25, -0.2) is 4.98 Å². The summed E-state index contributed by atoms with van der Waals surface area (Å²) in [6, 6.07) is 8.64. The number of hydrogen-bond donors (Lipinski definition) is 2. The first kappa shape index (κ1) is 11.7. The van der Waals surface area contributed by atoms with Gasteiger partial charge in [0.15, 0.2) is 0 Å². The maximum absolute atomic E-state index is 4.66. The van der Waals surface area contributed by atoms with Crippen LogP contribution in [0.1, 0.15) is 29.9 Å². The van der Waals surface area contributed by atoms with E-state index in [2.05, 4.69) is 57.2 Å². The number of imidazole rings is 1. The number of hydrogen-bond acceptors (Lipinski definition) is 2. The van der Waals surface area contributed by atoms with Crippen molar-refractivity contribution < 1.29 is 0 Å². The van der Waals surface area contributed by atoms with Gasteiger partial charge in [0.2, 0.25) is 0 Å². The minimum absolute atomic E-state index is 0.197. The van der Waals surface area contributed by atoms with Crippen molar-refractivity contribution in [2.75, 3.05) is 6.54 Å². The highest BCUT2D eigenvalue weighted by Gasteiger charge is 2.27. The van der Waals surface area contributed by atoms with Crippen molar-refractivity contribution in [3.05, 3.63) is 53.7 Å². The Morgan fingerprint density at radius 1 is 1.35 bits per heavy atom. The van der Waals surface area contributed by atoms with E-state index in [1.54, 1.807) is 0 Å². The standard InChI is InChI=1S/C16H18N4/c1-2-20-10-19-16-14(20)7-8-17-15(16)12-9-18-13-6-4-3-5-11(12)13/h3-6,9-10,15,17-18H,2,7-8H2,1H3. The molecule has 4 rings (SSSR count). The van der Waals surface area contributed by atoms with E-state index in [-0.39, 0.29) is 6.04 Å². The van der Waals surface area contributed by atoms with Crippen molar-refractivity contribution in [2.24, 2.45) is 0 Å². The Labute approximate surface area is 117 Å². The van der Waals surface area contributed by atoms with E-state index in [4.69, 9.17) is 0 Å². The van der Waals surface area contributed by atoms with Gasteiger partial charge in [-0.05, 0) is 13.0 Å². The molecule has 1 unspecified atom stereocenters. The van der Waals surface area contributed by atoms with Gasteiger partial charge in [-0.1, -0.05) is 18.2 Å². The van der Waals surface area contributed by atoms with E-state index >= 15 is 0 Å². The zero-order chi connectivity index (χ0) is 13.5. The minimum Gasteiger partial charge on any atom is -0.361 e. The number of aryl methyl sites for hydroxylation is 1. The van der Waals surface area contributed by atoms with Crippen LogP contribution in [0.2, 0.25) is 0 Å². The molecule has 1 aromatic carbocycles. The van der Waals surface area contributed by atoms with Gasteiger partial charge in [0.05, 0.1) is 18.1 Å². The van der Waals surface area contributed by atoms with Crippen molar-refractivity contribution >= 4 is 10.9 Å². The Kier molecular flexibility index (Phi) is 2.63. The number of nitrogens with zero attached hydrogens (tertiary/aromatic N) is 2. The molecular formula is C16H18N4. The number of para-hydroxylation sites is 1. The van der Waals surface area contributed by atoms with Crippen LogP contribution >= 0.6 is 0 Å². The molecule has 20 heavy (non-hydrogen) atoms. The molecule has 3 heterocycles. The summed E-state index contributed by atoms with van der Waals surface area (Å²) in [4.78, 5) is 8.02. The van der Waals surface area contributed by atoms with Crippen LogP contribution in [0.3, 0.4) is 0 Å². The molecule has 0 aliphatic carbocycles. The molecule has 2 aromatic heterocycles. The quantitative estimate of drug-likeness (QED) is 0.749. The van der Waals surface area contributed by atoms with Crippen LogP contribution in [-0.4, -0.2) is 21.1 Å². The van der Waals surface area contributed by atoms with Crippen LogP contribution in [0.4, 0.5) is 0 Å². The number of benzene rings is 1. The topological polar surface area (TPSA) is 45.6 Å². The second-order valence-corrected chi connectivity index (χ2v) is 5.29. The van der Waals surface area contributed by atoms with Gasteiger partial charge in [-0.3, -0.25) is 0 Å². The highest BCUT2D eigenvalue weighted by molar-refractivity contribution is 5.84. The summed E-state index contributed by atoms with van der Waals surface area (Å²) < 4.78 is 2.26. The highest BCUT2D eigenvalue weighted by Crippen LogP contribution is 2.32. The molecular weight excluding hydrogens is 248 g/mol. The van der Waals surface area contributed by atoms with Gasteiger partial charge in [0, 0.05) is 47.9 Å². The van der Waals surface area contributed by atoms with Gasteiger partial charge in [0.1, 0.15) is 0 Å². The number of nitrogens with one attached hydrogen (secondary N) is 2. The third-order valence-electron chi connectivity index (χ3n) is 4.24. The lowest BCUT2D eigenvalue weighted by molar-refractivity contribution is 0.540. The lowest BCUT2D eigenvalue weighted by atomic mass is 9.97. The van der Waals surface area contributed by atoms with E-state index < -0.39 is 0 Å². The first-order valence-corrected chi connectivity index (χ1v) is 7.21. The molecule has 3 aromatic rings. The number of rotatable bonds is 2. The van der Waals surface area contributed by atoms with Gasteiger partial charge in [-0.15, -0.1) is 0 Å². The molecule has 4 nitrogen and oxygen atoms in total. The molecule has 0 spiro atoms. The van der Waals surface area contributed by atoms with Gasteiger partial charge < -0.3 is 14.9 Å². The van der Waals surface area contributed by atoms with E-state index in [1.807, 2.05) is 6.33 Å². The predicted molar refractivity (Wildman–Crippen MR) is 79.7 cm³/mol. The SMILES string of the molecule is CCn1cnc2c1CCNC2c1c[nH]c2ccccc12. The summed E-state index contributed by atoms with van der Waals surface area (Å²) in [6.45, 7) is 4.16. The second kappa shape index (κ2) is 4.49.